The molecule has 0 bridgehead atoms. The summed E-state index contributed by atoms with van der Waals surface area (Å²) in [5.74, 6) is 0. The van der Waals surface area contributed by atoms with Gasteiger partial charge in [-0.05, 0) is 24.6 Å². The van der Waals surface area contributed by atoms with E-state index >= 15 is 0 Å². The van der Waals surface area contributed by atoms with Crippen LogP contribution in [-0.4, -0.2) is 18.4 Å². The van der Waals surface area contributed by atoms with Crippen molar-refractivity contribution in [3.8, 4) is 0 Å². The van der Waals surface area contributed by atoms with Crippen LogP contribution in [0.25, 0.3) is 0 Å². The summed E-state index contributed by atoms with van der Waals surface area (Å²) in [6, 6.07) is 16.4. The van der Waals surface area contributed by atoms with Crippen molar-refractivity contribution in [3.05, 3.63) is 76.6 Å². The van der Waals surface area contributed by atoms with Crippen molar-refractivity contribution in [2.75, 3.05) is 11.4 Å². The molecule has 0 aliphatic carbocycles. The van der Waals surface area contributed by atoms with Crippen LogP contribution in [0.15, 0.2) is 65.4 Å². The molecule has 2 aliphatic heterocycles. The maximum Gasteiger partial charge on any atom is 0.123 e. The molecule has 23 heavy (non-hydrogen) atoms. The molecule has 1 unspecified atom stereocenters. The number of aliphatic imine (C=N–C) groups is 1. The van der Waals surface area contributed by atoms with Gasteiger partial charge in [0.25, 0.3) is 0 Å². The second-order valence-electron chi connectivity index (χ2n) is 5.79. The Balaban J connectivity index is 1.88. The highest BCUT2D eigenvalue weighted by Gasteiger charge is 2.29. The summed E-state index contributed by atoms with van der Waals surface area (Å²) in [4.78, 5) is 7.19. The minimum atomic E-state index is 0.172. The van der Waals surface area contributed by atoms with E-state index in [1.165, 1.54) is 5.70 Å². The van der Waals surface area contributed by atoms with Gasteiger partial charge in [-0.3, -0.25) is 4.99 Å². The van der Waals surface area contributed by atoms with Gasteiger partial charge in [-0.1, -0.05) is 48.9 Å². The molecule has 0 saturated carbocycles. The Morgan fingerprint density at radius 3 is 2.83 bits per heavy atom. The first-order chi connectivity index (χ1) is 11.3. The molecule has 2 aromatic rings. The zero-order valence-electron chi connectivity index (χ0n) is 13.0. The number of rotatable bonds is 2. The van der Waals surface area contributed by atoms with E-state index in [1.54, 1.807) is 0 Å². The average molecular weight is 324 g/mol. The summed E-state index contributed by atoms with van der Waals surface area (Å²) < 4.78 is 0. The molecule has 0 amide bonds. The highest BCUT2D eigenvalue weighted by molar-refractivity contribution is 6.31. The first-order valence-electron chi connectivity index (χ1n) is 7.91. The zero-order chi connectivity index (χ0) is 15.8. The Bertz CT molecular complexity index is 796. The number of nitrogens with zero attached hydrogens (tertiary/aromatic N) is 2. The maximum atomic E-state index is 6.28. The summed E-state index contributed by atoms with van der Waals surface area (Å²) in [6.07, 6.45) is 3.36. The van der Waals surface area contributed by atoms with Crippen LogP contribution in [0.1, 0.15) is 24.5 Å². The van der Waals surface area contributed by atoms with Crippen LogP contribution in [0.2, 0.25) is 5.02 Å². The number of allylic oxidation sites excluding steroid dienone is 1. The summed E-state index contributed by atoms with van der Waals surface area (Å²) >= 11 is 6.28. The quantitative estimate of drug-likeness (QED) is 0.898. The normalized spacial score (nSPS) is 19.2. The average Bonchev–Trinajstić information content (AvgIpc) is 2.93. The standard InChI is InChI=1S/C19H18ClN3/c1-2-15-12-23-17-9-8-14(20)10-16(17)19(21-11-18(23)22-15)13-6-4-3-5-7-13/h3-10,12,18,22H,2,11H2,1H3. The monoisotopic (exact) mass is 323 g/mol. The molecule has 0 aromatic heterocycles. The molecule has 0 spiro atoms. The van der Waals surface area contributed by atoms with E-state index in [-0.39, 0.29) is 6.17 Å². The van der Waals surface area contributed by atoms with Crippen molar-refractivity contribution in [3.63, 3.8) is 0 Å². The van der Waals surface area contributed by atoms with Gasteiger partial charge in [0.2, 0.25) is 0 Å². The van der Waals surface area contributed by atoms with E-state index in [1.807, 2.05) is 30.3 Å². The van der Waals surface area contributed by atoms with Crippen LogP contribution >= 0.6 is 11.6 Å². The van der Waals surface area contributed by atoms with E-state index in [9.17, 15) is 0 Å². The largest absolute Gasteiger partial charge is 0.366 e. The van der Waals surface area contributed by atoms with E-state index in [4.69, 9.17) is 16.6 Å². The molecule has 4 heteroatoms. The molecule has 0 radical (unpaired) electrons. The van der Waals surface area contributed by atoms with Crippen LogP contribution in [0.5, 0.6) is 0 Å². The molecule has 2 aliphatic rings. The van der Waals surface area contributed by atoms with Crippen LogP contribution in [0.4, 0.5) is 5.69 Å². The summed E-state index contributed by atoms with van der Waals surface area (Å²) in [5, 5.41) is 4.29. The van der Waals surface area contributed by atoms with E-state index in [0.717, 1.165) is 34.0 Å². The second kappa shape index (κ2) is 5.74. The Morgan fingerprint density at radius 1 is 1.22 bits per heavy atom. The third-order valence-corrected chi connectivity index (χ3v) is 4.56. The molecule has 1 atom stereocenters. The molecule has 0 saturated heterocycles. The summed E-state index contributed by atoms with van der Waals surface area (Å²) in [6.45, 7) is 2.86. The van der Waals surface area contributed by atoms with Crippen LogP contribution in [0, 0.1) is 0 Å². The van der Waals surface area contributed by atoms with Gasteiger partial charge in [-0.15, -0.1) is 0 Å². The highest BCUT2D eigenvalue weighted by atomic mass is 35.5. The highest BCUT2D eigenvalue weighted by Crippen LogP contribution is 2.33. The van der Waals surface area contributed by atoms with Crippen molar-refractivity contribution < 1.29 is 0 Å². The summed E-state index contributed by atoms with van der Waals surface area (Å²) in [5.41, 5.74) is 5.61. The number of hydrogen-bond acceptors (Lipinski definition) is 3. The maximum absolute atomic E-state index is 6.28. The minimum absolute atomic E-state index is 0.172. The molecule has 4 rings (SSSR count). The Kier molecular flexibility index (Phi) is 3.58. The SMILES string of the molecule is CCC1=CN2c3ccc(Cl)cc3C(c3ccccc3)=NCC2N1. The molecule has 0 fully saturated rings. The fraction of sp³-hybridized carbons (Fsp3) is 0.211. The minimum Gasteiger partial charge on any atom is -0.366 e. The van der Waals surface area contributed by atoms with Crippen LogP contribution in [-0.2, 0) is 0 Å². The molecule has 2 heterocycles. The van der Waals surface area contributed by atoms with E-state index in [2.05, 4.69) is 41.5 Å². The lowest BCUT2D eigenvalue weighted by atomic mass is 10.0. The Morgan fingerprint density at radius 2 is 2.04 bits per heavy atom. The third-order valence-electron chi connectivity index (χ3n) is 4.33. The fourth-order valence-electron chi connectivity index (χ4n) is 3.17. The van der Waals surface area contributed by atoms with Gasteiger partial charge in [0.15, 0.2) is 0 Å². The van der Waals surface area contributed by atoms with Gasteiger partial charge in [0.1, 0.15) is 6.17 Å². The smallest absolute Gasteiger partial charge is 0.123 e. The predicted molar refractivity (Wildman–Crippen MR) is 96.2 cm³/mol. The van der Waals surface area contributed by atoms with Gasteiger partial charge in [-0.25, -0.2) is 0 Å². The lowest BCUT2D eigenvalue weighted by Gasteiger charge is -2.24. The molecular weight excluding hydrogens is 306 g/mol. The zero-order valence-corrected chi connectivity index (χ0v) is 13.7. The van der Waals surface area contributed by atoms with E-state index in [0.29, 0.717) is 6.54 Å². The van der Waals surface area contributed by atoms with Crippen molar-refractivity contribution in [2.45, 2.75) is 19.5 Å². The first kappa shape index (κ1) is 14.3. The van der Waals surface area contributed by atoms with Gasteiger partial charge >= 0.3 is 0 Å². The number of halogens is 1. The lowest BCUT2D eigenvalue weighted by Crippen LogP contribution is -2.38. The second-order valence-corrected chi connectivity index (χ2v) is 6.23. The topological polar surface area (TPSA) is 27.6 Å². The number of benzene rings is 2. The molecule has 116 valence electrons. The molecular formula is C19H18ClN3. The third kappa shape index (κ3) is 2.51. The lowest BCUT2D eigenvalue weighted by molar-refractivity contribution is 0.615. The van der Waals surface area contributed by atoms with Gasteiger partial charge < -0.3 is 10.2 Å². The fourth-order valence-corrected chi connectivity index (χ4v) is 3.34. The van der Waals surface area contributed by atoms with Crippen molar-refractivity contribution in [1.29, 1.82) is 0 Å². The van der Waals surface area contributed by atoms with Crippen molar-refractivity contribution in [1.82, 2.24) is 5.32 Å². The van der Waals surface area contributed by atoms with Gasteiger partial charge in [-0.2, -0.15) is 0 Å². The predicted octanol–water partition coefficient (Wildman–Crippen LogP) is 4.18. The molecule has 3 nitrogen and oxygen atoms in total. The summed E-state index contributed by atoms with van der Waals surface area (Å²) in [7, 11) is 0. The number of fused-ring (bicyclic) bond motifs is 3. The molecule has 1 N–H and O–H groups in total. The number of nitrogens with one attached hydrogen (secondary N) is 1. The van der Waals surface area contributed by atoms with Crippen LogP contribution < -0.4 is 10.2 Å². The number of hydrogen-bond donors (Lipinski definition) is 1. The van der Waals surface area contributed by atoms with Crippen molar-refractivity contribution in [2.24, 2.45) is 4.99 Å². The van der Waals surface area contributed by atoms with Crippen LogP contribution in [0.3, 0.4) is 0 Å². The Hall–Kier alpha value is -2.26. The van der Waals surface area contributed by atoms with E-state index < -0.39 is 0 Å². The molecule has 2 aromatic carbocycles. The van der Waals surface area contributed by atoms with Gasteiger partial charge in [0.05, 0.1) is 17.9 Å². The first-order valence-corrected chi connectivity index (χ1v) is 8.29. The van der Waals surface area contributed by atoms with Crippen molar-refractivity contribution >= 4 is 23.0 Å². The Labute approximate surface area is 141 Å². The number of anilines is 1. The van der Waals surface area contributed by atoms with Gasteiger partial charge in [0, 0.05) is 28.0 Å².